The summed E-state index contributed by atoms with van der Waals surface area (Å²) in [7, 11) is 0. The number of hydrogen-bond acceptors (Lipinski definition) is 3. The largest absolute Gasteiger partial charge is 0.480 e. The van der Waals surface area contributed by atoms with Crippen molar-refractivity contribution in [1.82, 2.24) is 5.32 Å². The van der Waals surface area contributed by atoms with Crippen molar-refractivity contribution in [1.29, 1.82) is 0 Å². The van der Waals surface area contributed by atoms with Crippen molar-refractivity contribution in [3.8, 4) is 0 Å². The van der Waals surface area contributed by atoms with Gasteiger partial charge in [-0.2, -0.15) is 0 Å². The van der Waals surface area contributed by atoms with Crippen LogP contribution >= 0.6 is 0 Å². The zero-order valence-corrected chi connectivity index (χ0v) is 18.1. The van der Waals surface area contributed by atoms with Crippen LogP contribution in [0.4, 0.5) is 0 Å². The molecule has 5 heteroatoms. The minimum absolute atomic E-state index is 0.101. The van der Waals surface area contributed by atoms with Gasteiger partial charge in [-0.15, -0.1) is 0 Å². The summed E-state index contributed by atoms with van der Waals surface area (Å²) in [5.41, 5.74) is 5.43. The van der Waals surface area contributed by atoms with E-state index in [4.69, 9.17) is 10.8 Å². The highest BCUT2D eigenvalue weighted by molar-refractivity contribution is 5.75. The van der Waals surface area contributed by atoms with Crippen LogP contribution in [0.2, 0.25) is 0 Å². The molecule has 0 saturated carbocycles. The number of allylic oxidation sites excluding steroid dienone is 2. The summed E-state index contributed by atoms with van der Waals surface area (Å²) in [4.78, 5) is 22.3. The number of rotatable bonds is 20. The molecule has 0 radical (unpaired) electrons. The molecule has 164 valence electrons. The highest BCUT2D eigenvalue weighted by Gasteiger charge is 2.10. The lowest BCUT2D eigenvalue weighted by Gasteiger charge is -2.07. The van der Waals surface area contributed by atoms with Gasteiger partial charge in [0.05, 0.1) is 0 Å². The summed E-state index contributed by atoms with van der Waals surface area (Å²) in [6.45, 7) is 2.86. The fourth-order valence-electron chi connectivity index (χ4n) is 3.11. The number of nitrogens with one attached hydrogen (secondary N) is 1. The zero-order valence-electron chi connectivity index (χ0n) is 18.1. The average Bonchev–Trinajstić information content (AvgIpc) is 2.67. The molecular weight excluding hydrogens is 352 g/mol. The van der Waals surface area contributed by atoms with E-state index in [2.05, 4.69) is 24.4 Å². The first-order chi connectivity index (χ1) is 13.6. The van der Waals surface area contributed by atoms with Crippen molar-refractivity contribution in [2.75, 3.05) is 6.54 Å². The molecule has 0 saturated heterocycles. The van der Waals surface area contributed by atoms with E-state index >= 15 is 0 Å². The van der Waals surface area contributed by atoms with Gasteiger partial charge in [0.1, 0.15) is 6.04 Å². The second-order valence-corrected chi connectivity index (χ2v) is 7.77. The van der Waals surface area contributed by atoms with E-state index in [0.29, 0.717) is 19.4 Å². The maximum atomic E-state index is 11.7. The quantitative estimate of drug-likeness (QED) is 0.191. The summed E-state index contributed by atoms with van der Waals surface area (Å²) in [6.07, 6.45) is 22.1. The van der Waals surface area contributed by atoms with Gasteiger partial charge >= 0.3 is 5.97 Å². The minimum Gasteiger partial charge on any atom is -0.480 e. The highest BCUT2D eigenvalue weighted by Crippen LogP contribution is 2.09. The Morgan fingerprint density at radius 3 is 2.04 bits per heavy atom. The molecule has 0 fully saturated rings. The van der Waals surface area contributed by atoms with Crippen LogP contribution in [-0.2, 0) is 9.59 Å². The molecule has 0 aromatic carbocycles. The topological polar surface area (TPSA) is 92.4 Å². The third-order valence-electron chi connectivity index (χ3n) is 5.00. The number of amides is 1. The maximum Gasteiger partial charge on any atom is 0.320 e. The van der Waals surface area contributed by atoms with Crippen LogP contribution in [0.1, 0.15) is 110 Å². The van der Waals surface area contributed by atoms with Crippen molar-refractivity contribution in [3.05, 3.63) is 12.2 Å². The van der Waals surface area contributed by atoms with Gasteiger partial charge in [0.15, 0.2) is 0 Å². The van der Waals surface area contributed by atoms with E-state index in [1.807, 2.05) is 0 Å². The molecule has 0 spiro atoms. The van der Waals surface area contributed by atoms with Crippen molar-refractivity contribution in [2.45, 2.75) is 116 Å². The Balaban J connectivity index is 3.29. The SMILES string of the molecule is CCCCCCC/C=C/CCCCCCCC(=O)NCCCC[C@H](N)C(=O)O. The van der Waals surface area contributed by atoms with Gasteiger partial charge in [-0.1, -0.05) is 64.0 Å². The van der Waals surface area contributed by atoms with Crippen molar-refractivity contribution in [3.63, 3.8) is 0 Å². The number of nitrogens with two attached hydrogens (primary N) is 1. The Morgan fingerprint density at radius 2 is 1.43 bits per heavy atom. The number of carbonyl (C=O) groups is 2. The number of carboxylic acid groups (broad SMARTS) is 1. The normalized spacial score (nSPS) is 12.4. The summed E-state index contributed by atoms with van der Waals surface area (Å²) >= 11 is 0. The third-order valence-corrected chi connectivity index (χ3v) is 5.00. The molecule has 28 heavy (non-hydrogen) atoms. The first-order valence-corrected chi connectivity index (χ1v) is 11.5. The first-order valence-electron chi connectivity index (χ1n) is 11.5. The average molecular weight is 397 g/mol. The molecule has 0 aliphatic rings. The number of carboxylic acids is 1. The molecular formula is C23H44N2O3. The van der Waals surface area contributed by atoms with Crippen LogP contribution < -0.4 is 11.1 Å². The van der Waals surface area contributed by atoms with Gasteiger partial charge in [-0.05, 0) is 51.4 Å². The van der Waals surface area contributed by atoms with Crippen LogP contribution in [-0.4, -0.2) is 29.6 Å². The van der Waals surface area contributed by atoms with E-state index in [9.17, 15) is 9.59 Å². The second-order valence-electron chi connectivity index (χ2n) is 7.77. The zero-order chi connectivity index (χ0) is 20.9. The van der Waals surface area contributed by atoms with E-state index < -0.39 is 12.0 Å². The van der Waals surface area contributed by atoms with Gasteiger partial charge in [0, 0.05) is 13.0 Å². The van der Waals surface area contributed by atoms with Crippen molar-refractivity contribution >= 4 is 11.9 Å². The smallest absolute Gasteiger partial charge is 0.320 e. The molecule has 0 unspecified atom stereocenters. The number of aliphatic carboxylic acids is 1. The lowest BCUT2D eigenvalue weighted by atomic mass is 10.1. The lowest BCUT2D eigenvalue weighted by Crippen LogP contribution is -2.30. The summed E-state index contributed by atoms with van der Waals surface area (Å²) in [6, 6.07) is -0.790. The Hall–Kier alpha value is -1.36. The summed E-state index contributed by atoms with van der Waals surface area (Å²) in [5.74, 6) is -0.859. The van der Waals surface area contributed by atoms with Gasteiger partial charge in [0.25, 0.3) is 0 Å². The molecule has 1 atom stereocenters. The van der Waals surface area contributed by atoms with Gasteiger partial charge < -0.3 is 16.2 Å². The Morgan fingerprint density at radius 1 is 0.857 bits per heavy atom. The molecule has 0 rings (SSSR count). The molecule has 0 bridgehead atoms. The fourth-order valence-corrected chi connectivity index (χ4v) is 3.11. The molecule has 1 amide bonds. The van der Waals surface area contributed by atoms with Gasteiger partial charge in [-0.3, -0.25) is 9.59 Å². The molecule has 0 heterocycles. The van der Waals surface area contributed by atoms with Gasteiger partial charge in [-0.25, -0.2) is 0 Å². The van der Waals surface area contributed by atoms with E-state index in [-0.39, 0.29) is 5.91 Å². The monoisotopic (exact) mass is 396 g/mol. The summed E-state index contributed by atoms with van der Waals surface area (Å²) in [5, 5.41) is 11.6. The number of carbonyl (C=O) groups excluding carboxylic acids is 1. The highest BCUT2D eigenvalue weighted by atomic mass is 16.4. The summed E-state index contributed by atoms with van der Waals surface area (Å²) < 4.78 is 0. The Labute approximate surface area is 172 Å². The van der Waals surface area contributed by atoms with Crippen LogP contribution in [0.5, 0.6) is 0 Å². The van der Waals surface area contributed by atoms with Crippen LogP contribution in [0, 0.1) is 0 Å². The number of unbranched alkanes of at least 4 members (excludes halogenated alkanes) is 11. The minimum atomic E-state index is -0.960. The van der Waals surface area contributed by atoms with Crippen molar-refractivity contribution < 1.29 is 14.7 Å². The number of hydrogen-bond donors (Lipinski definition) is 3. The Kier molecular flexibility index (Phi) is 19.4. The molecule has 5 nitrogen and oxygen atoms in total. The molecule has 4 N–H and O–H groups in total. The van der Waals surface area contributed by atoms with Gasteiger partial charge in [0.2, 0.25) is 5.91 Å². The third kappa shape index (κ3) is 19.4. The molecule has 0 aromatic rings. The standard InChI is InChI=1S/C23H44N2O3/c1-2-3-4-5-6-7-8-9-10-11-12-13-14-15-19-22(26)25-20-17-16-18-21(24)23(27)28/h8-9,21H,2-7,10-20,24H2,1H3,(H,25,26)(H,27,28)/b9-8+/t21-/m0/s1. The Bertz CT molecular complexity index is 411. The molecule has 0 aliphatic carbocycles. The predicted molar refractivity (Wildman–Crippen MR) is 117 cm³/mol. The van der Waals surface area contributed by atoms with Crippen LogP contribution in [0.15, 0.2) is 12.2 Å². The first kappa shape index (κ1) is 26.6. The second kappa shape index (κ2) is 20.4. The lowest BCUT2D eigenvalue weighted by molar-refractivity contribution is -0.138. The molecule has 0 aliphatic heterocycles. The fraction of sp³-hybridized carbons (Fsp3) is 0.826. The predicted octanol–water partition coefficient (Wildman–Crippen LogP) is 5.33. The van der Waals surface area contributed by atoms with E-state index in [1.165, 1.54) is 64.2 Å². The maximum absolute atomic E-state index is 11.7. The van der Waals surface area contributed by atoms with E-state index in [0.717, 1.165) is 25.7 Å². The van der Waals surface area contributed by atoms with E-state index in [1.54, 1.807) is 0 Å². The van der Waals surface area contributed by atoms with Crippen LogP contribution in [0.3, 0.4) is 0 Å². The van der Waals surface area contributed by atoms with Crippen molar-refractivity contribution in [2.24, 2.45) is 5.73 Å². The molecule has 0 aromatic heterocycles. The van der Waals surface area contributed by atoms with Crippen LogP contribution in [0.25, 0.3) is 0 Å².